The molecule has 2 aliphatic rings. The molecular formula is C84H147NO13. The molecule has 0 saturated carbocycles. The number of unbranched alkanes of at least 4 members (excludes halogenated alkanes) is 37. The lowest BCUT2D eigenvalue weighted by Crippen LogP contribution is -2.65. The molecule has 566 valence electrons. The van der Waals surface area contributed by atoms with Crippen molar-refractivity contribution in [2.75, 3.05) is 19.8 Å². The molecule has 14 heteroatoms. The highest BCUT2D eigenvalue weighted by Gasteiger charge is 2.51. The van der Waals surface area contributed by atoms with Gasteiger partial charge >= 0.3 is 0 Å². The Bertz CT molecular complexity index is 2070. The van der Waals surface area contributed by atoms with Gasteiger partial charge in [0.05, 0.1) is 32.0 Å². The monoisotopic (exact) mass is 1380 g/mol. The first-order chi connectivity index (χ1) is 48.1. The average molecular weight is 1380 g/mol. The first kappa shape index (κ1) is 90.7. The second-order valence-corrected chi connectivity index (χ2v) is 27.8. The van der Waals surface area contributed by atoms with Gasteiger partial charge in [0, 0.05) is 6.42 Å². The third kappa shape index (κ3) is 49.3. The molecule has 0 aromatic heterocycles. The van der Waals surface area contributed by atoms with Crippen LogP contribution >= 0.6 is 0 Å². The van der Waals surface area contributed by atoms with E-state index in [9.17, 15) is 45.6 Å². The number of carbonyl (C=O) groups excluding carboxylic acids is 1. The van der Waals surface area contributed by atoms with E-state index in [2.05, 4.69) is 116 Å². The highest BCUT2D eigenvalue weighted by atomic mass is 16.7. The van der Waals surface area contributed by atoms with Crippen molar-refractivity contribution in [2.24, 2.45) is 0 Å². The van der Waals surface area contributed by atoms with Crippen LogP contribution in [-0.2, 0) is 23.7 Å². The van der Waals surface area contributed by atoms with E-state index in [1.165, 1.54) is 212 Å². The molecule has 2 fully saturated rings. The number of nitrogens with one attached hydrogen (secondary N) is 1. The maximum absolute atomic E-state index is 13.4. The highest BCUT2D eigenvalue weighted by Crippen LogP contribution is 2.30. The predicted molar refractivity (Wildman–Crippen MR) is 406 cm³/mol. The van der Waals surface area contributed by atoms with E-state index < -0.39 is 86.8 Å². The lowest BCUT2D eigenvalue weighted by Gasteiger charge is -2.46. The minimum atomic E-state index is -1.79. The Balaban J connectivity index is 1.59. The number of carbonyl (C=O) groups is 1. The van der Waals surface area contributed by atoms with Crippen molar-refractivity contribution in [3.63, 3.8) is 0 Å². The molecule has 12 atom stereocenters. The van der Waals surface area contributed by atoms with E-state index in [1.807, 2.05) is 6.08 Å². The largest absolute Gasteiger partial charge is 0.394 e. The van der Waals surface area contributed by atoms with Crippen LogP contribution in [0.1, 0.15) is 322 Å². The van der Waals surface area contributed by atoms with E-state index in [-0.39, 0.29) is 18.9 Å². The molecule has 0 aliphatic carbocycles. The normalized spacial score (nSPS) is 22.6. The van der Waals surface area contributed by atoms with E-state index in [0.717, 1.165) is 77.0 Å². The van der Waals surface area contributed by atoms with E-state index in [4.69, 9.17) is 18.9 Å². The zero-order chi connectivity index (χ0) is 70.8. The number of aliphatic hydroxyl groups excluding tert-OH is 8. The summed E-state index contributed by atoms with van der Waals surface area (Å²) in [6, 6.07) is -0.937. The maximum atomic E-state index is 13.4. The lowest BCUT2D eigenvalue weighted by molar-refractivity contribution is -0.359. The third-order valence-corrected chi connectivity index (χ3v) is 18.9. The predicted octanol–water partition coefficient (Wildman–Crippen LogP) is 18.2. The first-order valence-electron chi connectivity index (χ1n) is 40.1. The van der Waals surface area contributed by atoms with Gasteiger partial charge in [-0.1, -0.05) is 335 Å². The minimum Gasteiger partial charge on any atom is -0.394 e. The molecule has 2 aliphatic heterocycles. The van der Waals surface area contributed by atoms with Crippen LogP contribution in [0.5, 0.6) is 0 Å². The Kier molecular flexibility index (Phi) is 61.9. The van der Waals surface area contributed by atoms with Gasteiger partial charge in [0.15, 0.2) is 12.6 Å². The summed E-state index contributed by atoms with van der Waals surface area (Å²) in [7, 11) is 0. The zero-order valence-electron chi connectivity index (χ0n) is 62.0. The van der Waals surface area contributed by atoms with Gasteiger partial charge in [-0.05, 0) is 89.9 Å². The summed E-state index contributed by atoms with van der Waals surface area (Å²) in [5.41, 5.74) is 0. The molecular weight excluding hydrogens is 1230 g/mol. The van der Waals surface area contributed by atoms with Crippen molar-refractivity contribution in [2.45, 2.75) is 396 Å². The fourth-order valence-electron chi connectivity index (χ4n) is 12.6. The summed E-state index contributed by atoms with van der Waals surface area (Å²) in [6.45, 7) is 2.70. The third-order valence-electron chi connectivity index (χ3n) is 18.9. The smallest absolute Gasteiger partial charge is 0.220 e. The summed E-state index contributed by atoms with van der Waals surface area (Å²) >= 11 is 0. The van der Waals surface area contributed by atoms with Crippen LogP contribution in [0.15, 0.2) is 109 Å². The quantitative estimate of drug-likeness (QED) is 0.0204. The molecule has 98 heavy (non-hydrogen) atoms. The highest BCUT2D eigenvalue weighted by molar-refractivity contribution is 5.76. The van der Waals surface area contributed by atoms with Crippen LogP contribution in [0.4, 0.5) is 0 Å². The van der Waals surface area contributed by atoms with Gasteiger partial charge in [0.25, 0.3) is 0 Å². The number of ether oxygens (including phenoxy) is 4. The fraction of sp³-hybridized carbons (Fsp3) is 0.774. The van der Waals surface area contributed by atoms with Crippen molar-refractivity contribution < 1.29 is 64.6 Å². The Morgan fingerprint density at radius 2 is 0.714 bits per heavy atom. The first-order valence-corrected chi connectivity index (χ1v) is 40.1. The number of amides is 1. The number of hydrogen-bond donors (Lipinski definition) is 9. The van der Waals surface area contributed by atoms with E-state index in [0.29, 0.717) is 12.8 Å². The lowest BCUT2D eigenvalue weighted by atomic mass is 9.97. The van der Waals surface area contributed by atoms with Gasteiger partial charge < -0.3 is 65.1 Å². The summed E-state index contributed by atoms with van der Waals surface area (Å²) in [5, 5.41) is 87.6. The van der Waals surface area contributed by atoms with Crippen molar-refractivity contribution >= 4 is 5.91 Å². The zero-order valence-corrected chi connectivity index (χ0v) is 62.0. The average Bonchev–Trinajstić information content (AvgIpc) is 0.793. The number of allylic oxidation sites excluding steroid dienone is 17. The molecule has 1 amide bonds. The fourth-order valence-corrected chi connectivity index (χ4v) is 12.6. The molecule has 0 radical (unpaired) electrons. The maximum Gasteiger partial charge on any atom is 0.220 e. The number of hydrogen-bond acceptors (Lipinski definition) is 13. The van der Waals surface area contributed by atoms with Gasteiger partial charge in [-0.15, -0.1) is 0 Å². The summed E-state index contributed by atoms with van der Waals surface area (Å²) < 4.78 is 22.9. The summed E-state index contributed by atoms with van der Waals surface area (Å²) in [6.07, 6.45) is 80.3. The molecule has 14 nitrogen and oxygen atoms in total. The van der Waals surface area contributed by atoms with Crippen LogP contribution in [0, 0.1) is 0 Å². The van der Waals surface area contributed by atoms with Gasteiger partial charge in [-0.3, -0.25) is 4.79 Å². The van der Waals surface area contributed by atoms with Crippen LogP contribution in [0.3, 0.4) is 0 Å². The van der Waals surface area contributed by atoms with Crippen molar-refractivity contribution in [1.82, 2.24) is 5.32 Å². The number of aliphatic hydroxyl groups is 8. The minimum absolute atomic E-state index is 0.247. The van der Waals surface area contributed by atoms with Gasteiger partial charge in [0.2, 0.25) is 5.91 Å². The molecule has 0 bridgehead atoms. The Labute approximate surface area is 597 Å². The Morgan fingerprint density at radius 1 is 0.378 bits per heavy atom. The van der Waals surface area contributed by atoms with Gasteiger partial charge in [-0.25, -0.2) is 0 Å². The Morgan fingerprint density at radius 3 is 1.12 bits per heavy atom. The SMILES string of the molecule is CC/C=C\C/C=C\C/C=C\C/C=C\C/C=C\C/C=C\C/C=C\CCCCCCCCCCCCCCCCCCCCCC(=O)NC(COC1OC(CO)C(OC2OC(CO)C(O)C(O)C2O)C(O)C1O)C(O)/C=C/CC/C=C/CCCCCCCCCCCCCCCCCCC. The molecule has 9 N–H and O–H groups in total. The second kappa shape index (κ2) is 66.9. The van der Waals surface area contributed by atoms with E-state index >= 15 is 0 Å². The summed E-state index contributed by atoms with van der Waals surface area (Å²) in [5.74, 6) is -0.247. The van der Waals surface area contributed by atoms with Crippen molar-refractivity contribution in [3.8, 4) is 0 Å². The molecule has 0 aromatic carbocycles. The van der Waals surface area contributed by atoms with Crippen LogP contribution in [0.25, 0.3) is 0 Å². The standard InChI is InChI=1S/C84H147NO13/c1-3-5-7-9-11-13-15-17-19-21-23-25-27-28-29-30-31-32-33-34-35-36-37-38-39-40-41-42-43-44-46-48-50-52-54-56-58-60-62-64-66-68-76(89)85-72(71-95-83-81(94)79(92)82(75(70-87)97-83)98-84-80(93)78(91)77(90)74(69-86)96-84)73(88)67-65-63-61-59-57-55-53-51-49-47-45-26-24-22-20-18-16-14-12-10-8-6-4-2/h5,7,11,13,17,19,23,25,28-29,31-32,34-35,57,59,65,67,72-75,77-84,86-88,90-94H,3-4,6,8-10,12,14-16,18,20-22,24,26-27,30,33,36-56,58,60-64,66,68-71H2,1-2H3,(H,85,89)/b7-5-,13-11-,19-17-,25-23-,29-28-,32-31-,35-34-,59-57+,67-65+. The molecule has 0 aromatic rings. The van der Waals surface area contributed by atoms with Gasteiger partial charge in [-0.2, -0.15) is 0 Å². The molecule has 2 rings (SSSR count). The number of rotatable bonds is 66. The van der Waals surface area contributed by atoms with Crippen molar-refractivity contribution in [1.29, 1.82) is 0 Å². The molecule has 2 heterocycles. The van der Waals surface area contributed by atoms with Crippen LogP contribution in [-0.4, -0.2) is 140 Å². The topological polar surface area (TPSA) is 228 Å². The molecule has 0 spiro atoms. The van der Waals surface area contributed by atoms with Crippen LogP contribution in [0.2, 0.25) is 0 Å². The van der Waals surface area contributed by atoms with Gasteiger partial charge in [0.1, 0.15) is 48.8 Å². The van der Waals surface area contributed by atoms with Crippen molar-refractivity contribution in [3.05, 3.63) is 109 Å². The second-order valence-electron chi connectivity index (χ2n) is 27.8. The molecule has 12 unspecified atom stereocenters. The van der Waals surface area contributed by atoms with E-state index in [1.54, 1.807) is 6.08 Å². The van der Waals surface area contributed by atoms with Crippen LogP contribution < -0.4 is 5.32 Å². The molecule has 2 saturated heterocycles. The summed E-state index contributed by atoms with van der Waals surface area (Å²) in [4.78, 5) is 13.4. The Hall–Kier alpha value is -3.35.